The third-order valence-electron chi connectivity index (χ3n) is 4.43. The van der Waals surface area contributed by atoms with E-state index in [1.165, 1.54) is 0 Å². The number of aromatic nitrogens is 3. The second-order valence-corrected chi connectivity index (χ2v) is 6.52. The van der Waals surface area contributed by atoms with E-state index in [0.29, 0.717) is 5.92 Å². The Balaban J connectivity index is 0.00000243. The third-order valence-corrected chi connectivity index (χ3v) is 4.43. The highest BCUT2D eigenvalue weighted by molar-refractivity contribution is 14.0. The largest absolute Gasteiger partial charge is 0.364 e. The van der Waals surface area contributed by atoms with E-state index >= 15 is 0 Å². The SMILES string of the molecule is CN=C(NCC(C)Cn1cccn1)N1CCN(Cc2ccon2)CC1.I. The molecule has 0 aromatic carbocycles. The van der Waals surface area contributed by atoms with Gasteiger partial charge in [-0.2, -0.15) is 5.10 Å². The van der Waals surface area contributed by atoms with Gasteiger partial charge in [0.2, 0.25) is 0 Å². The van der Waals surface area contributed by atoms with Crippen LogP contribution < -0.4 is 5.32 Å². The summed E-state index contributed by atoms with van der Waals surface area (Å²) in [6.45, 7) is 8.77. The maximum Gasteiger partial charge on any atom is 0.193 e. The lowest BCUT2D eigenvalue weighted by Gasteiger charge is -2.36. The lowest BCUT2D eigenvalue weighted by Crippen LogP contribution is -2.52. The van der Waals surface area contributed by atoms with Crippen molar-refractivity contribution in [1.29, 1.82) is 0 Å². The lowest BCUT2D eigenvalue weighted by atomic mass is 10.2. The molecular formula is C17H28IN7O. The molecule has 1 aliphatic heterocycles. The number of nitrogens with zero attached hydrogens (tertiary/aromatic N) is 6. The van der Waals surface area contributed by atoms with Gasteiger partial charge >= 0.3 is 0 Å². The summed E-state index contributed by atoms with van der Waals surface area (Å²) in [6.07, 6.45) is 5.44. The van der Waals surface area contributed by atoms with Gasteiger partial charge in [0.05, 0.1) is 5.69 Å². The highest BCUT2D eigenvalue weighted by Crippen LogP contribution is 2.07. The number of hydrogen-bond donors (Lipinski definition) is 1. The van der Waals surface area contributed by atoms with E-state index in [0.717, 1.165) is 57.5 Å². The average molecular weight is 473 g/mol. The van der Waals surface area contributed by atoms with Crippen molar-refractivity contribution in [3.63, 3.8) is 0 Å². The molecule has 9 heteroatoms. The van der Waals surface area contributed by atoms with Crippen molar-refractivity contribution in [1.82, 2.24) is 30.1 Å². The first-order valence-electron chi connectivity index (χ1n) is 8.79. The summed E-state index contributed by atoms with van der Waals surface area (Å²) in [7, 11) is 1.85. The van der Waals surface area contributed by atoms with Crippen molar-refractivity contribution < 1.29 is 4.52 Å². The van der Waals surface area contributed by atoms with E-state index in [1.54, 1.807) is 6.26 Å². The summed E-state index contributed by atoms with van der Waals surface area (Å²) in [5.41, 5.74) is 0.989. The van der Waals surface area contributed by atoms with Crippen molar-refractivity contribution in [3.05, 3.63) is 36.5 Å². The zero-order valence-electron chi connectivity index (χ0n) is 15.4. The minimum absolute atomic E-state index is 0. The van der Waals surface area contributed by atoms with Crippen LogP contribution in [0.3, 0.4) is 0 Å². The molecule has 2 aromatic heterocycles. The zero-order chi connectivity index (χ0) is 17.5. The maximum atomic E-state index is 4.90. The molecule has 26 heavy (non-hydrogen) atoms. The molecule has 2 aromatic rings. The summed E-state index contributed by atoms with van der Waals surface area (Å²) >= 11 is 0. The highest BCUT2D eigenvalue weighted by atomic mass is 127. The van der Waals surface area contributed by atoms with E-state index in [2.05, 4.69) is 37.3 Å². The first-order valence-corrected chi connectivity index (χ1v) is 8.79. The van der Waals surface area contributed by atoms with Gasteiger partial charge in [0.25, 0.3) is 0 Å². The molecule has 144 valence electrons. The Bertz CT molecular complexity index is 636. The minimum atomic E-state index is 0. The lowest BCUT2D eigenvalue weighted by molar-refractivity contribution is 0.168. The predicted octanol–water partition coefficient (Wildman–Crippen LogP) is 1.52. The summed E-state index contributed by atoms with van der Waals surface area (Å²) in [5, 5.41) is 11.8. The van der Waals surface area contributed by atoms with Gasteiger partial charge in [0.15, 0.2) is 5.96 Å². The second-order valence-electron chi connectivity index (χ2n) is 6.52. The first kappa shape index (κ1) is 20.7. The van der Waals surface area contributed by atoms with E-state index in [4.69, 9.17) is 4.52 Å². The van der Waals surface area contributed by atoms with Crippen LogP contribution in [0, 0.1) is 5.92 Å². The fraction of sp³-hybridized carbons (Fsp3) is 0.588. The Morgan fingerprint density at radius 1 is 1.35 bits per heavy atom. The van der Waals surface area contributed by atoms with Gasteiger partial charge in [-0.3, -0.25) is 14.6 Å². The van der Waals surface area contributed by atoms with Crippen molar-refractivity contribution in [2.24, 2.45) is 10.9 Å². The normalized spacial score (nSPS) is 17.0. The fourth-order valence-electron chi connectivity index (χ4n) is 3.06. The molecule has 1 saturated heterocycles. The summed E-state index contributed by atoms with van der Waals surface area (Å²) in [6, 6.07) is 3.88. The quantitative estimate of drug-likeness (QED) is 0.390. The van der Waals surface area contributed by atoms with Gasteiger partial charge in [-0.05, 0) is 12.0 Å². The van der Waals surface area contributed by atoms with Gasteiger partial charge in [0, 0.05) is 71.3 Å². The van der Waals surface area contributed by atoms with Crippen molar-refractivity contribution >= 4 is 29.9 Å². The Labute approximate surface area is 171 Å². The second kappa shape index (κ2) is 10.5. The molecule has 1 unspecified atom stereocenters. The zero-order valence-corrected chi connectivity index (χ0v) is 17.7. The number of halogens is 1. The Kier molecular flexibility index (Phi) is 8.36. The topological polar surface area (TPSA) is 74.7 Å². The number of aliphatic imine (C=N–C) groups is 1. The van der Waals surface area contributed by atoms with E-state index in [1.807, 2.05) is 36.3 Å². The molecule has 1 aliphatic rings. The molecule has 3 heterocycles. The summed E-state index contributed by atoms with van der Waals surface area (Å²) in [5.74, 6) is 1.46. The van der Waals surface area contributed by atoms with Crippen molar-refractivity contribution in [3.8, 4) is 0 Å². The van der Waals surface area contributed by atoms with Crippen LogP contribution in [0.1, 0.15) is 12.6 Å². The summed E-state index contributed by atoms with van der Waals surface area (Å²) < 4.78 is 6.87. The van der Waals surface area contributed by atoms with E-state index in [-0.39, 0.29) is 24.0 Å². The number of piperazine rings is 1. The minimum Gasteiger partial charge on any atom is -0.364 e. The molecular weight excluding hydrogens is 445 g/mol. The molecule has 0 spiro atoms. The molecule has 0 aliphatic carbocycles. The molecule has 1 fully saturated rings. The fourth-order valence-corrected chi connectivity index (χ4v) is 3.06. The van der Waals surface area contributed by atoms with Crippen LogP contribution in [-0.4, -0.2) is 70.5 Å². The average Bonchev–Trinajstić information content (AvgIpc) is 3.31. The molecule has 0 amide bonds. The third kappa shape index (κ3) is 5.97. The van der Waals surface area contributed by atoms with Crippen molar-refractivity contribution in [2.45, 2.75) is 20.0 Å². The van der Waals surface area contributed by atoms with Crippen molar-refractivity contribution in [2.75, 3.05) is 39.8 Å². The van der Waals surface area contributed by atoms with Gasteiger partial charge in [-0.25, -0.2) is 0 Å². The van der Waals surface area contributed by atoms with Crippen LogP contribution in [0.25, 0.3) is 0 Å². The van der Waals surface area contributed by atoms with Gasteiger partial charge in [-0.1, -0.05) is 12.1 Å². The number of guanidine groups is 1. The summed E-state index contributed by atoms with van der Waals surface area (Å²) in [4.78, 5) is 9.15. The first-order chi connectivity index (χ1) is 12.2. The van der Waals surface area contributed by atoms with Gasteiger partial charge < -0.3 is 14.7 Å². The Morgan fingerprint density at radius 3 is 2.77 bits per heavy atom. The van der Waals surface area contributed by atoms with Gasteiger partial charge in [0.1, 0.15) is 6.26 Å². The molecule has 1 N–H and O–H groups in total. The van der Waals surface area contributed by atoms with Crippen LogP contribution in [0.4, 0.5) is 0 Å². The van der Waals surface area contributed by atoms with Crippen LogP contribution in [-0.2, 0) is 13.1 Å². The maximum absolute atomic E-state index is 4.90. The van der Waals surface area contributed by atoms with Gasteiger partial charge in [-0.15, -0.1) is 24.0 Å². The number of nitrogens with one attached hydrogen (secondary N) is 1. The molecule has 1 atom stereocenters. The van der Waals surface area contributed by atoms with Crippen LogP contribution >= 0.6 is 24.0 Å². The van der Waals surface area contributed by atoms with Crippen LogP contribution in [0.2, 0.25) is 0 Å². The number of hydrogen-bond acceptors (Lipinski definition) is 5. The Hall–Kier alpha value is -1.62. The molecule has 8 nitrogen and oxygen atoms in total. The molecule has 0 radical (unpaired) electrons. The van der Waals surface area contributed by atoms with E-state index < -0.39 is 0 Å². The number of rotatable bonds is 6. The molecule has 0 bridgehead atoms. The molecule has 3 rings (SSSR count). The highest BCUT2D eigenvalue weighted by Gasteiger charge is 2.20. The molecule has 0 saturated carbocycles. The van der Waals surface area contributed by atoms with Crippen LogP contribution in [0.15, 0.2) is 40.3 Å². The smallest absolute Gasteiger partial charge is 0.193 e. The van der Waals surface area contributed by atoms with Crippen LogP contribution in [0.5, 0.6) is 0 Å². The predicted molar refractivity (Wildman–Crippen MR) is 112 cm³/mol. The standard InChI is InChI=1S/C17H27N7O.HI/c1-15(13-24-6-3-5-20-24)12-19-17(18-2)23-9-7-22(8-10-23)14-16-4-11-25-21-16;/h3-6,11,15H,7-10,12-14H2,1-2H3,(H,18,19);1H. The monoisotopic (exact) mass is 473 g/mol. The Morgan fingerprint density at radius 2 is 2.15 bits per heavy atom. The van der Waals surface area contributed by atoms with E-state index in [9.17, 15) is 0 Å².